The Hall–Kier alpha value is -1.99. The van der Waals surface area contributed by atoms with Crippen LogP contribution in [0.2, 0.25) is 0 Å². The third kappa shape index (κ3) is 3.20. The van der Waals surface area contributed by atoms with Crippen LogP contribution in [0.5, 0.6) is 0 Å². The summed E-state index contributed by atoms with van der Waals surface area (Å²) < 4.78 is 7.23. The van der Waals surface area contributed by atoms with Gasteiger partial charge >= 0.3 is 0 Å². The SMILES string of the molecule is CC(NC(=O)CC1COCCN1)c1nnc2ccccn12. The van der Waals surface area contributed by atoms with Crippen LogP contribution < -0.4 is 10.6 Å². The molecule has 21 heavy (non-hydrogen) atoms. The van der Waals surface area contributed by atoms with E-state index in [1.165, 1.54) is 0 Å². The highest BCUT2D eigenvalue weighted by atomic mass is 16.5. The van der Waals surface area contributed by atoms with Crippen LogP contribution in [-0.4, -0.2) is 46.3 Å². The molecular formula is C14H19N5O2. The van der Waals surface area contributed by atoms with Crippen LogP contribution in [0.15, 0.2) is 24.4 Å². The summed E-state index contributed by atoms with van der Waals surface area (Å²) in [5.41, 5.74) is 0.774. The van der Waals surface area contributed by atoms with Crippen LogP contribution in [0.25, 0.3) is 5.65 Å². The molecular weight excluding hydrogens is 270 g/mol. The second-order valence-electron chi connectivity index (χ2n) is 5.21. The molecule has 2 aromatic rings. The quantitative estimate of drug-likeness (QED) is 0.845. The van der Waals surface area contributed by atoms with Gasteiger partial charge in [0.25, 0.3) is 0 Å². The summed E-state index contributed by atoms with van der Waals surface area (Å²) >= 11 is 0. The predicted octanol–water partition coefficient (Wildman–Crippen LogP) is 0.285. The summed E-state index contributed by atoms with van der Waals surface area (Å²) in [6.07, 6.45) is 2.30. The Morgan fingerprint density at radius 1 is 1.57 bits per heavy atom. The average molecular weight is 289 g/mol. The van der Waals surface area contributed by atoms with Crippen molar-refractivity contribution >= 4 is 11.6 Å². The average Bonchev–Trinajstić information content (AvgIpc) is 2.92. The van der Waals surface area contributed by atoms with E-state index in [1.54, 1.807) is 0 Å². The number of carbonyl (C=O) groups is 1. The number of aromatic nitrogens is 3. The van der Waals surface area contributed by atoms with E-state index in [0.717, 1.165) is 18.0 Å². The van der Waals surface area contributed by atoms with Gasteiger partial charge in [-0.1, -0.05) is 6.07 Å². The fourth-order valence-electron chi connectivity index (χ4n) is 2.49. The Kier molecular flexibility index (Phi) is 4.12. The number of hydrogen-bond acceptors (Lipinski definition) is 5. The lowest BCUT2D eigenvalue weighted by atomic mass is 10.2. The smallest absolute Gasteiger partial charge is 0.222 e. The molecule has 0 aliphatic carbocycles. The monoisotopic (exact) mass is 289 g/mol. The molecule has 2 atom stereocenters. The number of ether oxygens (including phenoxy) is 1. The second kappa shape index (κ2) is 6.19. The van der Waals surface area contributed by atoms with Crippen molar-refractivity contribution in [2.75, 3.05) is 19.8 Å². The molecule has 2 aromatic heterocycles. The van der Waals surface area contributed by atoms with Gasteiger partial charge in [0.15, 0.2) is 11.5 Å². The molecule has 1 saturated heterocycles. The van der Waals surface area contributed by atoms with Crippen molar-refractivity contribution in [2.45, 2.75) is 25.4 Å². The topological polar surface area (TPSA) is 80.5 Å². The standard InChI is InChI=1S/C14H19N5O2/c1-10(14-18-17-12-4-2-3-6-19(12)14)16-13(20)8-11-9-21-7-5-15-11/h2-4,6,10-11,15H,5,7-9H2,1H3,(H,16,20). The largest absolute Gasteiger partial charge is 0.378 e. The van der Waals surface area contributed by atoms with E-state index in [0.29, 0.717) is 19.6 Å². The van der Waals surface area contributed by atoms with Crippen molar-refractivity contribution in [3.63, 3.8) is 0 Å². The maximum absolute atomic E-state index is 12.1. The number of pyridine rings is 1. The van der Waals surface area contributed by atoms with E-state index >= 15 is 0 Å². The normalized spacial score (nSPS) is 20.3. The lowest BCUT2D eigenvalue weighted by Crippen LogP contribution is -2.44. The van der Waals surface area contributed by atoms with E-state index in [2.05, 4.69) is 20.8 Å². The minimum absolute atomic E-state index is 0.0156. The van der Waals surface area contributed by atoms with E-state index in [9.17, 15) is 4.79 Å². The lowest BCUT2D eigenvalue weighted by Gasteiger charge is -2.23. The number of nitrogens with one attached hydrogen (secondary N) is 2. The first-order chi connectivity index (χ1) is 10.2. The number of nitrogens with zero attached hydrogens (tertiary/aromatic N) is 3. The first kappa shape index (κ1) is 14.0. The van der Waals surface area contributed by atoms with Crippen LogP contribution in [0, 0.1) is 0 Å². The summed E-state index contributed by atoms with van der Waals surface area (Å²) in [5, 5.41) is 14.5. The van der Waals surface area contributed by atoms with E-state index < -0.39 is 0 Å². The highest BCUT2D eigenvalue weighted by molar-refractivity contribution is 5.77. The zero-order valence-electron chi connectivity index (χ0n) is 12.0. The van der Waals surface area contributed by atoms with Crippen molar-refractivity contribution in [3.05, 3.63) is 30.2 Å². The molecule has 0 saturated carbocycles. The number of carbonyl (C=O) groups excluding carboxylic acids is 1. The van der Waals surface area contributed by atoms with Gasteiger partial charge < -0.3 is 15.4 Å². The Morgan fingerprint density at radius 3 is 3.29 bits per heavy atom. The molecule has 0 spiro atoms. The fraction of sp³-hybridized carbons (Fsp3) is 0.500. The van der Waals surface area contributed by atoms with Crippen LogP contribution in [0.4, 0.5) is 0 Å². The van der Waals surface area contributed by atoms with E-state index in [1.807, 2.05) is 35.7 Å². The summed E-state index contributed by atoms with van der Waals surface area (Å²) in [4.78, 5) is 12.1. The Bertz CT molecular complexity index is 621. The molecule has 1 fully saturated rings. The zero-order valence-corrected chi connectivity index (χ0v) is 12.0. The second-order valence-corrected chi connectivity index (χ2v) is 5.21. The van der Waals surface area contributed by atoms with Gasteiger partial charge in [-0.05, 0) is 19.1 Å². The fourth-order valence-corrected chi connectivity index (χ4v) is 2.49. The van der Waals surface area contributed by atoms with Gasteiger partial charge in [-0.2, -0.15) is 0 Å². The Balaban J connectivity index is 1.62. The molecule has 1 amide bonds. The minimum atomic E-state index is -0.195. The molecule has 2 N–H and O–H groups in total. The van der Waals surface area contributed by atoms with E-state index in [4.69, 9.17) is 4.74 Å². The Morgan fingerprint density at radius 2 is 2.48 bits per heavy atom. The number of fused-ring (bicyclic) bond motifs is 1. The van der Waals surface area contributed by atoms with Crippen LogP contribution >= 0.6 is 0 Å². The molecule has 0 radical (unpaired) electrons. The van der Waals surface area contributed by atoms with Crippen molar-refractivity contribution in [2.24, 2.45) is 0 Å². The highest BCUT2D eigenvalue weighted by Crippen LogP contribution is 2.12. The molecule has 7 heteroatoms. The van der Waals surface area contributed by atoms with Crippen molar-refractivity contribution in [1.82, 2.24) is 25.2 Å². The molecule has 3 rings (SSSR count). The molecule has 1 aliphatic rings. The third-order valence-corrected chi connectivity index (χ3v) is 3.54. The first-order valence-electron chi connectivity index (χ1n) is 7.14. The van der Waals surface area contributed by atoms with Crippen molar-refractivity contribution < 1.29 is 9.53 Å². The number of rotatable bonds is 4. The summed E-state index contributed by atoms with van der Waals surface area (Å²) in [6.45, 7) is 3.99. The molecule has 3 heterocycles. The van der Waals surface area contributed by atoms with Gasteiger partial charge in [0.2, 0.25) is 5.91 Å². The van der Waals surface area contributed by atoms with Gasteiger partial charge in [0.1, 0.15) is 0 Å². The maximum Gasteiger partial charge on any atom is 0.222 e. The van der Waals surface area contributed by atoms with Gasteiger partial charge in [0.05, 0.1) is 19.3 Å². The van der Waals surface area contributed by atoms with Crippen LogP contribution in [0.1, 0.15) is 25.2 Å². The zero-order chi connectivity index (χ0) is 14.7. The number of amides is 1. The van der Waals surface area contributed by atoms with Crippen molar-refractivity contribution in [1.29, 1.82) is 0 Å². The van der Waals surface area contributed by atoms with Crippen molar-refractivity contribution in [3.8, 4) is 0 Å². The summed E-state index contributed by atoms with van der Waals surface area (Å²) in [6, 6.07) is 5.60. The van der Waals surface area contributed by atoms with Gasteiger partial charge in [-0.15, -0.1) is 10.2 Å². The van der Waals surface area contributed by atoms with Crippen LogP contribution in [-0.2, 0) is 9.53 Å². The molecule has 0 bridgehead atoms. The molecule has 112 valence electrons. The molecule has 2 unspecified atom stereocenters. The Labute approximate surface area is 122 Å². The minimum Gasteiger partial charge on any atom is -0.378 e. The van der Waals surface area contributed by atoms with Crippen LogP contribution in [0.3, 0.4) is 0 Å². The third-order valence-electron chi connectivity index (χ3n) is 3.54. The van der Waals surface area contributed by atoms with Gasteiger partial charge in [-0.3, -0.25) is 9.20 Å². The first-order valence-corrected chi connectivity index (χ1v) is 7.14. The lowest BCUT2D eigenvalue weighted by molar-refractivity contribution is -0.123. The summed E-state index contributed by atoms with van der Waals surface area (Å²) in [5.74, 6) is 0.713. The molecule has 7 nitrogen and oxygen atoms in total. The van der Waals surface area contributed by atoms with Gasteiger partial charge in [-0.25, -0.2) is 0 Å². The highest BCUT2D eigenvalue weighted by Gasteiger charge is 2.20. The van der Waals surface area contributed by atoms with E-state index in [-0.39, 0.29) is 18.0 Å². The molecule has 0 aromatic carbocycles. The maximum atomic E-state index is 12.1. The predicted molar refractivity (Wildman–Crippen MR) is 76.8 cm³/mol. The number of hydrogen-bond donors (Lipinski definition) is 2. The summed E-state index contributed by atoms with van der Waals surface area (Å²) in [7, 11) is 0. The van der Waals surface area contributed by atoms with Gasteiger partial charge in [0, 0.05) is 25.2 Å². The number of morpholine rings is 1. The molecule has 1 aliphatic heterocycles.